The van der Waals surface area contributed by atoms with Gasteiger partial charge in [-0.1, -0.05) is 34.1 Å². The fourth-order valence-corrected chi connectivity index (χ4v) is 4.00. The Morgan fingerprint density at radius 3 is 2.85 bits per heavy atom. The third-order valence-corrected chi connectivity index (χ3v) is 5.14. The molecule has 1 aromatic heterocycles. The molecule has 3 rings (SSSR count). The maximum Gasteiger partial charge on any atom is 0.261 e. The van der Waals surface area contributed by atoms with Crippen molar-refractivity contribution in [1.29, 1.82) is 5.26 Å². The van der Waals surface area contributed by atoms with Gasteiger partial charge in [0.1, 0.15) is 17.4 Å². The van der Waals surface area contributed by atoms with Crippen molar-refractivity contribution in [2.75, 3.05) is 6.54 Å². The molecule has 3 aromatic rings. The molecule has 1 amide bonds. The number of carbonyl (C=O) groups is 1. The summed E-state index contributed by atoms with van der Waals surface area (Å²) >= 11 is 6.56. The van der Waals surface area contributed by atoms with E-state index in [9.17, 15) is 15.2 Å². The number of phenols is 1. The first-order chi connectivity index (χ1) is 13.0. The average Bonchev–Trinajstić information content (AvgIpc) is 3.06. The molecule has 0 radical (unpaired) electrons. The number of halogens is 2. The summed E-state index contributed by atoms with van der Waals surface area (Å²) < 4.78 is 1.19. The summed E-state index contributed by atoms with van der Waals surface area (Å²) in [6.07, 6.45) is 3.93. The zero-order chi connectivity index (χ0) is 19.4. The summed E-state index contributed by atoms with van der Waals surface area (Å²) in [5, 5.41) is 23.3. The first-order valence-electron chi connectivity index (χ1n) is 8.12. The predicted octanol–water partition coefficient (Wildman–Crippen LogP) is 4.66. The number of nitrogens with one attached hydrogen (secondary N) is 2. The van der Waals surface area contributed by atoms with Gasteiger partial charge in [0, 0.05) is 33.7 Å². The predicted molar refractivity (Wildman–Crippen MR) is 112 cm³/mol. The minimum absolute atomic E-state index is 0.0301. The maximum atomic E-state index is 12.3. The lowest BCUT2D eigenvalue weighted by molar-refractivity contribution is -0.117. The summed E-state index contributed by atoms with van der Waals surface area (Å²) in [5.41, 5.74) is 2.45. The van der Waals surface area contributed by atoms with Crippen LogP contribution < -0.4 is 5.32 Å². The molecule has 5 nitrogen and oxygen atoms in total. The number of phenolic OH excluding ortho intramolecular Hbond substituents is 1. The van der Waals surface area contributed by atoms with E-state index in [2.05, 4.69) is 42.2 Å². The second-order valence-corrected chi connectivity index (χ2v) is 7.63. The van der Waals surface area contributed by atoms with Crippen LogP contribution in [0.25, 0.3) is 17.0 Å². The summed E-state index contributed by atoms with van der Waals surface area (Å²) in [6, 6.07) is 13.2. The molecular formula is C20H15Br2N3O2. The molecule has 0 aliphatic heterocycles. The summed E-state index contributed by atoms with van der Waals surface area (Å²) in [7, 11) is 0. The third-order valence-electron chi connectivity index (χ3n) is 4.08. The van der Waals surface area contributed by atoms with Crippen LogP contribution in [0.2, 0.25) is 0 Å². The Morgan fingerprint density at radius 1 is 1.30 bits per heavy atom. The minimum Gasteiger partial charge on any atom is -0.506 e. The molecule has 0 saturated carbocycles. The number of rotatable bonds is 5. The van der Waals surface area contributed by atoms with Gasteiger partial charge in [0.25, 0.3) is 5.91 Å². The molecule has 0 bridgehead atoms. The van der Waals surface area contributed by atoms with E-state index in [1.807, 2.05) is 36.5 Å². The maximum absolute atomic E-state index is 12.3. The van der Waals surface area contributed by atoms with Crippen molar-refractivity contribution >= 4 is 54.7 Å². The summed E-state index contributed by atoms with van der Waals surface area (Å²) in [5.74, 6) is -0.509. The molecule has 2 aromatic carbocycles. The number of amides is 1. The van der Waals surface area contributed by atoms with Crippen molar-refractivity contribution in [3.05, 3.63) is 68.2 Å². The lowest BCUT2D eigenvalue weighted by atomic mass is 10.1. The average molecular weight is 489 g/mol. The van der Waals surface area contributed by atoms with Crippen LogP contribution >= 0.6 is 31.9 Å². The van der Waals surface area contributed by atoms with E-state index in [1.54, 1.807) is 12.1 Å². The number of carbonyl (C=O) groups excluding carboxylic acids is 1. The van der Waals surface area contributed by atoms with Crippen LogP contribution in [0, 0.1) is 11.3 Å². The largest absolute Gasteiger partial charge is 0.506 e. The third kappa shape index (κ3) is 4.41. The SMILES string of the molecule is N#C/C(=C/c1cc(Br)cc(Br)c1O)C(=O)NCCc1c[nH]c2ccccc12. The van der Waals surface area contributed by atoms with E-state index in [4.69, 9.17) is 0 Å². The molecule has 0 fully saturated rings. The topological polar surface area (TPSA) is 88.9 Å². The lowest BCUT2D eigenvalue weighted by Gasteiger charge is -2.06. The van der Waals surface area contributed by atoms with Crippen molar-refractivity contribution in [2.24, 2.45) is 0 Å². The van der Waals surface area contributed by atoms with Crippen molar-refractivity contribution in [2.45, 2.75) is 6.42 Å². The van der Waals surface area contributed by atoms with Crippen LogP contribution in [0.5, 0.6) is 5.75 Å². The van der Waals surface area contributed by atoms with Gasteiger partial charge in [-0.25, -0.2) is 0 Å². The number of para-hydroxylation sites is 1. The Labute approximate surface area is 173 Å². The van der Waals surface area contributed by atoms with E-state index in [1.165, 1.54) is 6.08 Å². The van der Waals surface area contributed by atoms with Gasteiger partial charge in [-0.3, -0.25) is 4.79 Å². The number of aromatic hydroxyl groups is 1. The van der Waals surface area contributed by atoms with Crippen molar-refractivity contribution in [3.8, 4) is 11.8 Å². The number of aromatic amines is 1. The van der Waals surface area contributed by atoms with Crippen LogP contribution in [-0.4, -0.2) is 22.5 Å². The van der Waals surface area contributed by atoms with Crippen molar-refractivity contribution < 1.29 is 9.90 Å². The molecule has 3 N–H and O–H groups in total. The van der Waals surface area contributed by atoms with E-state index < -0.39 is 5.91 Å². The van der Waals surface area contributed by atoms with E-state index in [0.717, 1.165) is 20.9 Å². The highest BCUT2D eigenvalue weighted by atomic mass is 79.9. The lowest BCUT2D eigenvalue weighted by Crippen LogP contribution is -2.26. The molecule has 0 unspecified atom stereocenters. The van der Waals surface area contributed by atoms with Gasteiger partial charge in [0.15, 0.2) is 0 Å². The Hall–Kier alpha value is -2.56. The second-order valence-electron chi connectivity index (χ2n) is 5.86. The fourth-order valence-electron chi connectivity index (χ4n) is 2.74. The Bertz CT molecular complexity index is 1080. The van der Waals surface area contributed by atoms with Gasteiger partial charge in [0.2, 0.25) is 0 Å². The molecule has 1 heterocycles. The number of aromatic nitrogens is 1. The Balaban J connectivity index is 1.70. The monoisotopic (exact) mass is 487 g/mol. The molecule has 0 saturated heterocycles. The van der Waals surface area contributed by atoms with Crippen LogP contribution in [0.15, 0.2) is 57.1 Å². The number of H-pyrrole nitrogens is 1. The molecule has 136 valence electrons. The fraction of sp³-hybridized carbons (Fsp3) is 0.100. The first kappa shape index (κ1) is 19.2. The van der Waals surface area contributed by atoms with Gasteiger partial charge in [-0.2, -0.15) is 5.26 Å². The number of nitriles is 1. The van der Waals surface area contributed by atoms with Gasteiger partial charge in [-0.05, 0) is 52.2 Å². The number of benzene rings is 2. The Kier molecular flexibility index (Phi) is 5.99. The van der Waals surface area contributed by atoms with Crippen LogP contribution in [0.1, 0.15) is 11.1 Å². The van der Waals surface area contributed by atoms with Crippen molar-refractivity contribution in [3.63, 3.8) is 0 Å². The highest BCUT2D eigenvalue weighted by Crippen LogP contribution is 2.33. The number of hydrogen-bond donors (Lipinski definition) is 3. The number of hydrogen-bond acceptors (Lipinski definition) is 3. The van der Waals surface area contributed by atoms with Gasteiger partial charge >= 0.3 is 0 Å². The smallest absolute Gasteiger partial charge is 0.261 e. The zero-order valence-electron chi connectivity index (χ0n) is 14.1. The molecular weight excluding hydrogens is 474 g/mol. The number of fused-ring (bicyclic) bond motifs is 1. The molecule has 27 heavy (non-hydrogen) atoms. The molecule has 0 atom stereocenters. The molecule has 0 aliphatic carbocycles. The summed E-state index contributed by atoms with van der Waals surface area (Å²) in [6.45, 7) is 0.397. The quantitative estimate of drug-likeness (QED) is 0.360. The molecule has 7 heteroatoms. The highest BCUT2D eigenvalue weighted by Gasteiger charge is 2.12. The standard InChI is InChI=1S/C20H15Br2N3O2/c21-15-8-13(19(26)17(22)9-15)7-14(10-23)20(27)24-6-5-12-11-25-18-4-2-1-3-16(12)18/h1-4,7-9,11,25-26H,5-6H2,(H,24,27)/b14-7-. The minimum atomic E-state index is -0.479. The molecule has 0 aliphatic rings. The Morgan fingerprint density at radius 2 is 2.07 bits per heavy atom. The highest BCUT2D eigenvalue weighted by molar-refractivity contribution is 9.11. The second kappa shape index (κ2) is 8.42. The van der Waals surface area contributed by atoms with Gasteiger partial charge < -0.3 is 15.4 Å². The number of nitrogens with zero attached hydrogens (tertiary/aromatic N) is 1. The van der Waals surface area contributed by atoms with Crippen molar-refractivity contribution in [1.82, 2.24) is 10.3 Å². The van der Waals surface area contributed by atoms with Crippen LogP contribution in [-0.2, 0) is 11.2 Å². The van der Waals surface area contributed by atoms with Gasteiger partial charge in [0.05, 0.1) is 4.47 Å². The van der Waals surface area contributed by atoms with Gasteiger partial charge in [-0.15, -0.1) is 0 Å². The zero-order valence-corrected chi connectivity index (χ0v) is 17.3. The van der Waals surface area contributed by atoms with Crippen LogP contribution in [0.3, 0.4) is 0 Å². The molecule has 0 spiro atoms. The van der Waals surface area contributed by atoms with E-state index >= 15 is 0 Å². The van der Waals surface area contributed by atoms with E-state index in [0.29, 0.717) is 23.0 Å². The summed E-state index contributed by atoms with van der Waals surface area (Å²) in [4.78, 5) is 15.5. The first-order valence-corrected chi connectivity index (χ1v) is 9.71. The van der Waals surface area contributed by atoms with Crippen LogP contribution in [0.4, 0.5) is 0 Å². The normalized spacial score (nSPS) is 11.4. The van der Waals surface area contributed by atoms with E-state index in [-0.39, 0.29) is 11.3 Å².